The molecular formula is C13H9F3N2O3. The van der Waals surface area contributed by atoms with E-state index in [1.54, 1.807) is 0 Å². The predicted molar refractivity (Wildman–Crippen MR) is 63.9 cm³/mol. The van der Waals surface area contributed by atoms with E-state index in [4.69, 9.17) is 9.63 Å². The summed E-state index contributed by atoms with van der Waals surface area (Å²) in [7, 11) is 0. The van der Waals surface area contributed by atoms with Crippen LogP contribution in [0.5, 0.6) is 0 Å². The van der Waals surface area contributed by atoms with Crippen LogP contribution in [0.25, 0.3) is 0 Å². The number of benzene rings is 1. The molecule has 21 heavy (non-hydrogen) atoms. The number of hydrogen-bond donors (Lipinski definition) is 1. The summed E-state index contributed by atoms with van der Waals surface area (Å²) < 4.78 is 44.1. The third kappa shape index (κ3) is 3.28. The molecule has 0 aliphatic carbocycles. The molecule has 0 unspecified atom stereocenters. The first-order valence-electron chi connectivity index (χ1n) is 5.73. The standard InChI is InChI=1S/C13H9F3N2O3/c1-6(13(19)20)4-10-17-9(18-21-10)5-7-2-3-8(14)12(16)11(7)15/h2-3H,1,4-5H2,(H,19,20). The summed E-state index contributed by atoms with van der Waals surface area (Å²) in [6, 6.07) is 1.86. The number of hydrogen-bond acceptors (Lipinski definition) is 4. The highest BCUT2D eigenvalue weighted by atomic mass is 19.2. The highest BCUT2D eigenvalue weighted by Crippen LogP contribution is 2.17. The number of aromatic nitrogens is 2. The SMILES string of the molecule is C=C(Cc1nc(Cc2ccc(F)c(F)c2F)no1)C(=O)O. The van der Waals surface area contributed by atoms with Crippen molar-refractivity contribution >= 4 is 5.97 Å². The van der Waals surface area contributed by atoms with E-state index in [9.17, 15) is 18.0 Å². The fourth-order valence-electron chi connectivity index (χ4n) is 1.56. The molecule has 5 nitrogen and oxygen atoms in total. The number of carboxylic acid groups (broad SMARTS) is 1. The average Bonchev–Trinajstić information content (AvgIpc) is 2.86. The molecule has 2 rings (SSSR count). The Morgan fingerprint density at radius 3 is 2.67 bits per heavy atom. The summed E-state index contributed by atoms with van der Waals surface area (Å²) in [6.45, 7) is 3.30. The normalized spacial score (nSPS) is 10.6. The Balaban J connectivity index is 2.15. The Bertz CT molecular complexity index is 713. The Morgan fingerprint density at radius 1 is 1.29 bits per heavy atom. The second-order valence-electron chi connectivity index (χ2n) is 4.20. The summed E-state index contributed by atoms with van der Waals surface area (Å²) in [6.07, 6.45) is -0.380. The minimum atomic E-state index is -1.57. The molecule has 1 aromatic heterocycles. The van der Waals surface area contributed by atoms with E-state index in [-0.39, 0.29) is 35.7 Å². The van der Waals surface area contributed by atoms with Gasteiger partial charge in [0.1, 0.15) is 0 Å². The molecule has 1 heterocycles. The fourth-order valence-corrected chi connectivity index (χ4v) is 1.56. The average molecular weight is 298 g/mol. The maximum atomic E-state index is 13.5. The number of carboxylic acids is 1. The zero-order chi connectivity index (χ0) is 15.6. The second-order valence-corrected chi connectivity index (χ2v) is 4.20. The lowest BCUT2D eigenvalue weighted by Crippen LogP contribution is -2.03. The molecule has 0 amide bonds. The zero-order valence-corrected chi connectivity index (χ0v) is 10.6. The van der Waals surface area contributed by atoms with Crippen molar-refractivity contribution in [2.24, 2.45) is 0 Å². The largest absolute Gasteiger partial charge is 0.478 e. The number of nitrogens with zero attached hydrogens (tertiary/aromatic N) is 2. The van der Waals surface area contributed by atoms with Crippen LogP contribution in [0.4, 0.5) is 13.2 Å². The lowest BCUT2D eigenvalue weighted by Gasteiger charge is -2.01. The van der Waals surface area contributed by atoms with Crippen molar-refractivity contribution < 1.29 is 27.6 Å². The molecule has 8 heteroatoms. The molecule has 110 valence electrons. The van der Waals surface area contributed by atoms with Gasteiger partial charge in [0.25, 0.3) is 0 Å². The Morgan fingerprint density at radius 2 is 2.00 bits per heavy atom. The lowest BCUT2D eigenvalue weighted by atomic mass is 10.1. The molecule has 0 spiro atoms. The molecular weight excluding hydrogens is 289 g/mol. The van der Waals surface area contributed by atoms with Gasteiger partial charge in [0.15, 0.2) is 23.3 Å². The topological polar surface area (TPSA) is 76.2 Å². The van der Waals surface area contributed by atoms with Crippen LogP contribution in [-0.4, -0.2) is 21.2 Å². The van der Waals surface area contributed by atoms with E-state index < -0.39 is 23.4 Å². The Labute approximate surface area is 116 Å². The van der Waals surface area contributed by atoms with Crippen molar-refractivity contribution in [1.82, 2.24) is 10.1 Å². The van der Waals surface area contributed by atoms with Crippen molar-refractivity contribution in [3.8, 4) is 0 Å². The monoisotopic (exact) mass is 298 g/mol. The molecule has 0 saturated carbocycles. The molecule has 1 N–H and O–H groups in total. The van der Waals surface area contributed by atoms with Crippen LogP contribution in [0, 0.1) is 17.5 Å². The maximum absolute atomic E-state index is 13.5. The number of rotatable bonds is 5. The molecule has 0 atom stereocenters. The van der Waals surface area contributed by atoms with Gasteiger partial charge in [-0.15, -0.1) is 0 Å². The van der Waals surface area contributed by atoms with Crippen LogP contribution < -0.4 is 0 Å². The minimum Gasteiger partial charge on any atom is -0.478 e. The molecule has 2 aromatic rings. The highest BCUT2D eigenvalue weighted by molar-refractivity contribution is 5.86. The third-order valence-corrected chi connectivity index (χ3v) is 2.64. The van der Waals surface area contributed by atoms with Gasteiger partial charge in [-0.2, -0.15) is 4.98 Å². The fraction of sp³-hybridized carbons (Fsp3) is 0.154. The molecule has 0 radical (unpaired) electrons. The first kappa shape index (κ1) is 14.8. The van der Waals surface area contributed by atoms with Crippen molar-refractivity contribution in [3.05, 3.63) is 59.0 Å². The lowest BCUT2D eigenvalue weighted by molar-refractivity contribution is -0.132. The van der Waals surface area contributed by atoms with Gasteiger partial charge in [-0.1, -0.05) is 17.8 Å². The van der Waals surface area contributed by atoms with E-state index in [1.165, 1.54) is 0 Å². The smallest absolute Gasteiger partial charge is 0.331 e. The van der Waals surface area contributed by atoms with Gasteiger partial charge in [-0.3, -0.25) is 0 Å². The van der Waals surface area contributed by atoms with Crippen molar-refractivity contribution in [2.45, 2.75) is 12.8 Å². The van der Waals surface area contributed by atoms with Crippen molar-refractivity contribution in [1.29, 1.82) is 0 Å². The van der Waals surface area contributed by atoms with Crippen LogP contribution in [0.2, 0.25) is 0 Å². The van der Waals surface area contributed by atoms with Gasteiger partial charge in [0.05, 0.1) is 6.42 Å². The predicted octanol–water partition coefficient (Wildman–Crippen LogP) is 2.26. The molecule has 0 fully saturated rings. The molecule has 0 aliphatic heterocycles. The van der Waals surface area contributed by atoms with Gasteiger partial charge in [-0.25, -0.2) is 18.0 Å². The molecule has 0 saturated heterocycles. The summed E-state index contributed by atoms with van der Waals surface area (Å²) >= 11 is 0. The Hall–Kier alpha value is -2.64. The van der Waals surface area contributed by atoms with Crippen LogP contribution in [-0.2, 0) is 17.6 Å². The summed E-state index contributed by atoms with van der Waals surface area (Å²) in [5.41, 5.74) is -0.289. The van der Waals surface area contributed by atoms with Gasteiger partial charge in [0, 0.05) is 12.0 Å². The van der Waals surface area contributed by atoms with E-state index in [0.717, 1.165) is 12.1 Å². The van der Waals surface area contributed by atoms with Gasteiger partial charge >= 0.3 is 5.97 Å². The maximum Gasteiger partial charge on any atom is 0.331 e. The highest BCUT2D eigenvalue weighted by Gasteiger charge is 2.17. The minimum absolute atomic E-state index is 0.0135. The molecule has 1 aromatic carbocycles. The first-order chi connectivity index (χ1) is 9.88. The van der Waals surface area contributed by atoms with Gasteiger partial charge < -0.3 is 9.63 Å². The summed E-state index contributed by atoms with van der Waals surface area (Å²) in [5, 5.41) is 12.2. The summed E-state index contributed by atoms with van der Waals surface area (Å²) in [5.74, 6) is -5.38. The molecule has 0 aliphatic rings. The first-order valence-corrected chi connectivity index (χ1v) is 5.73. The number of aliphatic carboxylic acids is 1. The van der Waals surface area contributed by atoms with E-state index >= 15 is 0 Å². The molecule has 0 bridgehead atoms. The van der Waals surface area contributed by atoms with E-state index in [0.29, 0.717) is 0 Å². The van der Waals surface area contributed by atoms with Crippen LogP contribution in [0.1, 0.15) is 17.3 Å². The van der Waals surface area contributed by atoms with Crippen molar-refractivity contribution in [2.75, 3.05) is 0 Å². The third-order valence-electron chi connectivity index (χ3n) is 2.64. The Kier molecular flexibility index (Phi) is 4.06. The zero-order valence-electron chi connectivity index (χ0n) is 10.6. The van der Waals surface area contributed by atoms with Crippen LogP contribution in [0.3, 0.4) is 0 Å². The quantitative estimate of drug-likeness (QED) is 0.677. The number of halogens is 3. The van der Waals surface area contributed by atoms with Crippen molar-refractivity contribution in [3.63, 3.8) is 0 Å². The second kappa shape index (κ2) is 5.78. The van der Waals surface area contributed by atoms with Gasteiger partial charge in [0.2, 0.25) is 5.89 Å². The van der Waals surface area contributed by atoms with E-state index in [2.05, 4.69) is 16.7 Å². The van der Waals surface area contributed by atoms with Crippen LogP contribution in [0.15, 0.2) is 28.8 Å². The van der Waals surface area contributed by atoms with E-state index in [1.807, 2.05) is 0 Å². The summed E-state index contributed by atoms with van der Waals surface area (Å²) in [4.78, 5) is 14.4. The van der Waals surface area contributed by atoms with Crippen LogP contribution >= 0.6 is 0 Å². The van der Waals surface area contributed by atoms with Gasteiger partial charge in [-0.05, 0) is 11.6 Å². The number of carbonyl (C=O) groups is 1.